The van der Waals surface area contributed by atoms with Crippen molar-refractivity contribution in [1.29, 1.82) is 0 Å². The Bertz CT molecular complexity index is 864. The molecule has 2 heterocycles. The molecule has 124 valence electrons. The number of thiophene rings is 1. The number of aromatic nitrogens is 2. The molecule has 24 heavy (non-hydrogen) atoms. The van der Waals surface area contributed by atoms with E-state index in [0.717, 1.165) is 25.7 Å². The summed E-state index contributed by atoms with van der Waals surface area (Å²) >= 11 is 2.97. The van der Waals surface area contributed by atoms with E-state index in [1.54, 1.807) is 23.5 Å². The van der Waals surface area contributed by atoms with Gasteiger partial charge in [-0.1, -0.05) is 23.9 Å². The van der Waals surface area contributed by atoms with Gasteiger partial charge in [0, 0.05) is 11.4 Å². The Morgan fingerprint density at radius 3 is 2.79 bits per heavy atom. The van der Waals surface area contributed by atoms with Crippen molar-refractivity contribution in [1.82, 2.24) is 15.3 Å². The van der Waals surface area contributed by atoms with Crippen LogP contribution in [0.15, 0.2) is 41.7 Å². The number of hydrogen-bond donors (Lipinski definition) is 1. The van der Waals surface area contributed by atoms with Gasteiger partial charge in [-0.2, -0.15) is 0 Å². The van der Waals surface area contributed by atoms with Gasteiger partial charge in [-0.25, -0.2) is 14.4 Å². The van der Waals surface area contributed by atoms with Crippen molar-refractivity contribution in [3.05, 3.63) is 42.5 Å². The van der Waals surface area contributed by atoms with Crippen molar-refractivity contribution in [2.45, 2.75) is 24.1 Å². The molecular formula is C17H16FN3OS2. The molecule has 0 bridgehead atoms. The minimum absolute atomic E-state index is 0.00965. The highest BCUT2D eigenvalue weighted by atomic mass is 32.2. The molecule has 1 amide bonds. The van der Waals surface area contributed by atoms with E-state index in [-0.39, 0.29) is 17.0 Å². The molecule has 1 N–H and O–H groups in total. The molecule has 1 aromatic carbocycles. The largest absolute Gasteiger partial charge is 0.355 e. The number of halogens is 1. The summed E-state index contributed by atoms with van der Waals surface area (Å²) in [6.45, 7) is 4.36. The Kier molecular flexibility index (Phi) is 5.11. The van der Waals surface area contributed by atoms with Crippen LogP contribution in [-0.2, 0) is 4.79 Å². The highest BCUT2D eigenvalue weighted by Crippen LogP contribution is 2.37. The second-order valence-corrected chi connectivity index (χ2v) is 7.55. The number of nitrogens with zero attached hydrogens (tertiary/aromatic N) is 2. The number of carbonyl (C=O) groups excluding carboxylic acids is 1. The van der Waals surface area contributed by atoms with Gasteiger partial charge in [-0.05, 0) is 37.6 Å². The third kappa shape index (κ3) is 3.57. The van der Waals surface area contributed by atoms with Crippen LogP contribution in [0.4, 0.5) is 4.39 Å². The Morgan fingerprint density at radius 1 is 1.33 bits per heavy atom. The maximum absolute atomic E-state index is 13.1. The van der Waals surface area contributed by atoms with Gasteiger partial charge < -0.3 is 5.32 Å². The number of hydrogen-bond acceptors (Lipinski definition) is 5. The first-order chi connectivity index (χ1) is 11.6. The number of carbonyl (C=O) groups is 1. The topological polar surface area (TPSA) is 54.9 Å². The van der Waals surface area contributed by atoms with Gasteiger partial charge in [0.25, 0.3) is 0 Å². The van der Waals surface area contributed by atoms with Crippen LogP contribution in [0.2, 0.25) is 0 Å². The van der Waals surface area contributed by atoms with Gasteiger partial charge in [-0.3, -0.25) is 4.79 Å². The summed E-state index contributed by atoms with van der Waals surface area (Å²) in [5, 5.41) is 3.37. The second-order valence-electron chi connectivity index (χ2n) is 5.17. The van der Waals surface area contributed by atoms with Crippen molar-refractivity contribution in [3.63, 3.8) is 0 Å². The lowest BCUT2D eigenvalue weighted by molar-refractivity contribution is -0.120. The lowest BCUT2D eigenvalue weighted by Crippen LogP contribution is -2.30. The standard InChI is InChI=1S/C17H16FN3OS2/c1-3-19-16(22)10(2)23-17-15-13(20-9-21-17)8-14(24-15)11-4-6-12(18)7-5-11/h4-10H,3H2,1-2H3,(H,19,22)/t10-/m0/s1. The number of rotatable bonds is 5. The fourth-order valence-corrected chi connectivity index (χ4v) is 4.33. The fraction of sp³-hybridized carbons (Fsp3) is 0.235. The fourth-order valence-electron chi connectivity index (χ4n) is 2.21. The van der Waals surface area contributed by atoms with Gasteiger partial charge in [-0.15, -0.1) is 11.3 Å². The van der Waals surface area contributed by atoms with Crippen molar-refractivity contribution in [2.75, 3.05) is 6.54 Å². The lowest BCUT2D eigenvalue weighted by atomic mass is 10.2. The smallest absolute Gasteiger partial charge is 0.233 e. The minimum atomic E-state index is -0.258. The van der Waals surface area contributed by atoms with E-state index in [9.17, 15) is 9.18 Å². The number of thioether (sulfide) groups is 1. The Labute approximate surface area is 147 Å². The third-order valence-electron chi connectivity index (χ3n) is 3.42. The Morgan fingerprint density at radius 2 is 2.08 bits per heavy atom. The van der Waals surface area contributed by atoms with Crippen LogP contribution in [0.5, 0.6) is 0 Å². The first-order valence-electron chi connectivity index (χ1n) is 7.53. The molecule has 0 spiro atoms. The molecule has 0 saturated carbocycles. The molecule has 2 aromatic heterocycles. The number of amides is 1. The van der Waals surface area contributed by atoms with Crippen LogP contribution in [0.25, 0.3) is 20.7 Å². The van der Waals surface area contributed by atoms with E-state index >= 15 is 0 Å². The van der Waals surface area contributed by atoms with Crippen LogP contribution in [0.1, 0.15) is 13.8 Å². The highest BCUT2D eigenvalue weighted by molar-refractivity contribution is 8.00. The molecule has 0 aliphatic carbocycles. The molecule has 0 fully saturated rings. The molecule has 0 aliphatic heterocycles. The Balaban J connectivity index is 1.92. The normalized spacial score (nSPS) is 12.3. The zero-order valence-electron chi connectivity index (χ0n) is 13.2. The zero-order valence-corrected chi connectivity index (χ0v) is 14.9. The molecular weight excluding hydrogens is 345 g/mol. The number of nitrogens with one attached hydrogen (secondary N) is 1. The first-order valence-corrected chi connectivity index (χ1v) is 9.23. The average Bonchev–Trinajstić information content (AvgIpc) is 3.01. The number of benzene rings is 1. The van der Waals surface area contributed by atoms with E-state index in [1.807, 2.05) is 19.9 Å². The monoisotopic (exact) mass is 361 g/mol. The maximum Gasteiger partial charge on any atom is 0.233 e. The SMILES string of the molecule is CCNC(=O)[C@H](C)Sc1ncnc2cc(-c3ccc(F)cc3)sc12. The van der Waals surface area contributed by atoms with E-state index in [4.69, 9.17) is 0 Å². The van der Waals surface area contributed by atoms with Crippen LogP contribution in [0, 0.1) is 5.82 Å². The molecule has 1 atom stereocenters. The second kappa shape index (κ2) is 7.27. The Hall–Kier alpha value is -1.99. The molecule has 0 aliphatic rings. The molecule has 0 radical (unpaired) electrons. The average molecular weight is 361 g/mol. The van der Waals surface area contributed by atoms with Gasteiger partial charge in [0.1, 0.15) is 17.2 Å². The van der Waals surface area contributed by atoms with Gasteiger partial charge in [0.05, 0.1) is 15.5 Å². The van der Waals surface area contributed by atoms with E-state index < -0.39 is 0 Å². The van der Waals surface area contributed by atoms with Crippen LogP contribution < -0.4 is 5.32 Å². The first kappa shape index (κ1) is 16.9. The summed E-state index contributed by atoms with van der Waals surface area (Å²) in [5.41, 5.74) is 1.77. The minimum Gasteiger partial charge on any atom is -0.355 e. The van der Waals surface area contributed by atoms with E-state index in [1.165, 1.54) is 30.2 Å². The van der Waals surface area contributed by atoms with Crippen molar-refractivity contribution in [2.24, 2.45) is 0 Å². The van der Waals surface area contributed by atoms with Crippen LogP contribution in [-0.4, -0.2) is 27.7 Å². The summed E-state index contributed by atoms with van der Waals surface area (Å²) in [6.07, 6.45) is 1.51. The molecule has 7 heteroatoms. The predicted octanol–water partition coefficient (Wildman–Crippen LogP) is 4.11. The van der Waals surface area contributed by atoms with Gasteiger partial charge in [0.15, 0.2) is 0 Å². The van der Waals surface area contributed by atoms with E-state index in [2.05, 4.69) is 15.3 Å². The molecule has 0 saturated heterocycles. The summed E-state index contributed by atoms with van der Waals surface area (Å²) < 4.78 is 14.0. The highest BCUT2D eigenvalue weighted by Gasteiger charge is 2.18. The van der Waals surface area contributed by atoms with Crippen molar-refractivity contribution >= 4 is 39.2 Å². The van der Waals surface area contributed by atoms with Crippen molar-refractivity contribution in [3.8, 4) is 10.4 Å². The molecule has 3 rings (SSSR count). The summed E-state index contributed by atoms with van der Waals surface area (Å²) in [7, 11) is 0. The van der Waals surface area contributed by atoms with Gasteiger partial charge in [0.2, 0.25) is 5.91 Å². The molecule has 3 aromatic rings. The lowest BCUT2D eigenvalue weighted by Gasteiger charge is -2.10. The summed E-state index contributed by atoms with van der Waals surface area (Å²) in [5.74, 6) is -0.267. The summed E-state index contributed by atoms with van der Waals surface area (Å²) in [4.78, 5) is 21.6. The molecule has 4 nitrogen and oxygen atoms in total. The summed E-state index contributed by atoms with van der Waals surface area (Å²) in [6, 6.07) is 8.35. The van der Waals surface area contributed by atoms with E-state index in [0.29, 0.717) is 6.54 Å². The quantitative estimate of drug-likeness (QED) is 0.549. The van der Waals surface area contributed by atoms with Crippen molar-refractivity contribution < 1.29 is 9.18 Å². The van der Waals surface area contributed by atoms with Crippen LogP contribution >= 0.6 is 23.1 Å². The predicted molar refractivity (Wildman–Crippen MR) is 96.8 cm³/mol. The van der Waals surface area contributed by atoms with Gasteiger partial charge >= 0.3 is 0 Å². The third-order valence-corrected chi connectivity index (χ3v) is 5.83. The van der Waals surface area contributed by atoms with Crippen LogP contribution in [0.3, 0.4) is 0 Å². The molecule has 0 unspecified atom stereocenters. The maximum atomic E-state index is 13.1. The number of fused-ring (bicyclic) bond motifs is 1. The zero-order chi connectivity index (χ0) is 17.1.